The highest BCUT2D eigenvalue weighted by atomic mass is 32.1. The molecule has 0 bridgehead atoms. The van der Waals surface area contributed by atoms with Crippen LogP contribution in [0.2, 0.25) is 0 Å². The number of nitrogen functional groups attached to an aromatic ring is 1. The summed E-state index contributed by atoms with van der Waals surface area (Å²) in [5, 5.41) is 3.31. The van der Waals surface area contributed by atoms with Gasteiger partial charge in [-0.05, 0) is 12.8 Å². The first-order valence-corrected chi connectivity index (χ1v) is 7.80. The molecular formula is C14H23N3O3S. The van der Waals surface area contributed by atoms with Gasteiger partial charge in [0, 0.05) is 20.1 Å². The van der Waals surface area contributed by atoms with E-state index < -0.39 is 5.97 Å². The molecule has 118 valence electrons. The van der Waals surface area contributed by atoms with Gasteiger partial charge in [0.15, 0.2) is 0 Å². The number of nitrogens with zero attached hydrogens (tertiary/aromatic N) is 1. The molecule has 0 atom stereocenters. The lowest BCUT2D eigenvalue weighted by atomic mass is 10.2. The van der Waals surface area contributed by atoms with Crippen molar-refractivity contribution in [1.82, 2.24) is 5.32 Å². The second-order valence-electron chi connectivity index (χ2n) is 4.58. The first kappa shape index (κ1) is 17.3. The molecule has 1 aromatic heterocycles. The molecule has 0 unspecified atom stereocenters. The highest BCUT2D eigenvalue weighted by molar-refractivity contribution is 7.19. The topological polar surface area (TPSA) is 84.7 Å². The molecule has 21 heavy (non-hydrogen) atoms. The molecule has 0 saturated heterocycles. The average molecular weight is 313 g/mol. The Morgan fingerprint density at radius 3 is 2.29 bits per heavy atom. The van der Waals surface area contributed by atoms with Crippen LogP contribution in [0.25, 0.3) is 0 Å². The fourth-order valence-corrected chi connectivity index (χ4v) is 3.29. The van der Waals surface area contributed by atoms with Crippen LogP contribution in [0.15, 0.2) is 0 Å². The summed E-state index contributed by atoms with van der Waals surface area (Å²) in [5.74, 6) is -0.798. The van der Waals surface area contributed by atoms with Crippen molar-refractivity contribution < 1.29 is 14.3 Å². The highest BCUT2D eigenvalue weighted by Crippen LogP contribution is 2.39. The van der Waals surface area contributed by atoms with Gasteiger partial charge in [0.2, 0.25) is 0 Å². The van der Waals surface area contributed by atoms with E-state index in [1.807, 2.05) is 0 Å². The van der Waals surface area contributed by atoms with Crippen LogP contribution in [-0.2, 0) is 4.74 Å². The number of methoxy groups -OCH3 is 1. The van der Waals surface area contributed by atoms with Crippen molar-refractivity contribution >= 4 is 33.9 Å². The molecule has 0 aromatic carbocycles. The van der Waals surface area contributed by atoms with Crippen LogP contribution in [0.3, 0.4) is 0 Å². The zero-order valence-electron chi connectivity index (χ0n) is 13.0. The second-order valence-corrected chi connectivity index (χ2v) is 5.58. The molecule has 1 rings (SSSR count). The fourth-order valence-electron chi connectivity index (χ4n) is 2.10. The Labute approximate surface area is 129 Å². The van der Waals surface area contributed by atoms with Crippen LogP contribution >= 0.6 is 11.3 Å². The van der Waals surface area contributed by atoms with Crippen LogP contribution in [0.5, 0.6) is 0 Å². The van der Waals surface area contributed by atoms with Gasteiger partial charge >= 0.3 is 5.97 Å². The third-order valence-corrected chi connectivity index (χ3v) is 4.27. The maximum atomic E-state index is 12.1. The minimum absolute atomic E-state index is 0.193. The molecule has 3 N–H and O–H groups in total. The Hall–Kier alpha value is -1.76. The van der Waals surface area contributed by atoms with E-state index in [-0.39, 0.29) is 16.5 Å². The Morgan fingerprint density at radius 1 is 1.29 bits per heavy atom. The predicted molar refractivity (Wildman–Crippen MR) is 86.3 cm³/mol. The highest BCUT2D eigenvalue weighted by Gasteiger charge is 2.28. The van der Waals surface area contributed by atoms with Crippen molar-refractivity contribution in [1.29, 1.82) is 0 Å². The first-order valence-electron chi connectivity index (χ1n) is 6.99. The molecular weight excluding hydrogens is 290 g/mol. The number of esters is 1. The largest absolute Gasteiger partial charge is 0.465 e. The van der Waals surface area contributed by atoms with Crippen LogP contribution in [0.1, 0.15) is 46.7 Å². The summed E-state index contributed by atoms with van der Waals surface area (Å²) in [7, 11) is 2.85. The summed E-state index contributed by atoms with van der Waals surface area (Å²) >= 11 is 1.22. The molecule has 6 nitrogen and oxygen atoms in total. The zero-order chi connectivity index (χ0) is 16.0. The van der Waals surface area contributed by atoms with Gasteiger partial charge in [0.05, 0.1) is 18.4 Å². The lowest BCUT2D eigenvalue weighted by Gasteiger charge is -2.23. The normalized spacial score (nSPS) is 10.3. The minimum atomic E-state index is -0.512. The molecule has 0 saturated carbocycles. The van der Waals surface area contributed by atoms with Gasteiger partial charge in [-0.15, -0.1) is 11.3 Å². The molecule has 1 aromatic rings. The van der Waals surface area contributed by atoms with E-state index in [1.165, 1.54) is 18.4 Å². The number of ether oxygens (including phenoxy) is 1. The number of hydrogen-bond donors (Lipinski definition) is 2. The Kier molecular flexibility index (Phi) is 6.48. The Bertz CT molecular complexity index is 508. The Balaban J connectivity index is 3.39. The van der Waals surface area contributed by atoms with E-state index in [2.05, 4.69) is 24.1 Å². The summed E-state index contributed by atoms with van der Waals surface area (Å²) in [5.41, 5.74) is 6.57. The average Bonchev–Trinajstić information content (AvgIpc) is 2.83. The Morgan fingerprint density at radius 2 is 1.86 bits per heavy atom. The predicted octanol–water partition coefficient (Wildman–Crippen LogP) is 2.10. The number of amides is 1. The molecule has 1 amide bonds. The molecule has 0 radical (unpaired) electrons. The molecule has 1 heterocycles. The molecule has 0 spiro atoms. The van der Waals surface area contributed by atoms with Gasteiger partial charge in [-0.2, -0.15) is 0 Å². The molecule has 7 heteroatoms. The van der Waals surface area contributed by atoms with Crippen LogP contribution in [0, 0.1) is 0 Å². The quantitative estimate of drug-likeness (QED) is 0.753. The fraction of sp³-hybridized carbons (Fsp3) is 0.571. The smallest absolute Gasteiger partial charge is 0.350 e. The molecule has 0 aliphatic rings. The monoisotopic (exact) mass is 313 g/mol. The van der Waals surface area contributed by atoms with Crippen molar-refractivity contribution in [3.63, 3.8) is 0 Å². The van der Waals surface area contributed by atoms with Crippen molar-refractivity contribution in [2.45, 2.75) is 26.7 Å². The minimum Gasteiger partial charge on any atom is -0.465 e. The number of hydrogen-bond acceptors (Lipinski definition) is 6. The van der Waals surface area contributed by atoms with Gasteiger partial charge in [-0.25, -0.2) is 4.79 Å². The van der Waals surface area contributed by atoms with E-state index in [0.29, 0.717) is 5.56 Å². The van der Waals surface area contributed by atoms with E-state index in [4.69, 9.17) is 10.5 Å². The maximum Gasteiger partial charge on any atom is 0.350 e. The summed E-state index contributed by atoms with van der Waals surface area (Å²) in [4.78, 5) is 26.3. The van der Waals surface area contributed by atoms with Crippen molar-refractivity contribution in [3.05, 3.63) is 10.4 Å². The van der Waals surface area contributed by atoms with E-state index in [9.17, 15) is 9.59 Å². The second kappa shape index (κ2) is 7.87. The van der Waals surface area contributed by atoms with Crippen molar-refractivity contribution in [3.8, 4) is 0 Å². The molecule has 0 aliphatic heterocycles. The third kappa shape index (κ3) is 3.66. The number of thiophene rings is 1. The summed E-state index contributed by atoms with van der Waals surface area (Å²) in [6.07, 6.45) is 1.89. The summed E-state index contributed by atoms with van der Waals surface area (Å²) in [6, 6.07) is 0. The number of rotatable bonds is 7. The third-order valence-electron chi connectivity index (χ3n) is 3.03. The lowest BCUT2D eigenvalue weighted by molar-refractivity contribution is 0.0607. The van der Waals surface area contributed by atoms with E-state index in [1.54, 1.807) is 7.05 Å². The lowest BCUT2D eigenvalue weighted by Crippen LogP contribution is -2.28. The molecule has 0 aliphatic carbocycles. The number of nitrogens with one attached hydrogen (secondary N) is 1. The maximum absolute atomic E-state index is 12.1. The van der Waals surface area contributed by atoms with Gasteiger partial charge in [-0.1, -0.05) is 13.8 Å². The van der Waals surface area contributed by atoms with Gasteiger partial charge in [0.25, 0.3) is 5.91 Å². The number of anilines is 2. The van der Waals surface area contributed by atoms with Crippen LogP contribution < -0.4 is 16.0 Å². The van der Waals surface area contributed by atoms with Crippen LogP contribution in [-0.4, -0.2) is 39.1 Å². The van der Waals surface area contributed by atoms with Crippen LogP contribution in [0.4, 0.5) is 10.7 Å². The van der Waals surface area contributed by atoms with E-state index in [0.717, 1.165) is 30.9 Å². The van der Waals surface area contributed by atoms with Gasteiger partial charge in [0.1, 0.15) is 9.88 Å². The van der Waals surface area contributed by atoms with Gasteiger partial charge < -0.3 is 20.7 Å². The summed E-state index contributed by atoms with van der Waals surface area (Å²) < 4.78 is 4.74. The first-order chi connectivity index (χ1) is 10.0. The van der Waals surface area contributed by atoms with Gasteiger partial charge in [-0.3, -0.25) is 4.79 Å². The summed E-state index contributed by atoms with van der Waals surface area (Å²) in [6.45, 7) is 5.75. The SMILES string of the molecule is CCCN(CCC)c1sc(C(=O)OC)c(N)c1C(=O)NC. The van der Waals surface area contributed by atoms with Crippen molar-refractivity contribution in [2.75, 3.05) is 37.9 Å². The number of carbonyl (C=O) groups is 2. The van der Waals surface area contributed by atoms with Crippen molar-refractivity contribution in [2.24, 2.45) is 0 Å². The zero-order valence-corrected chi connectivity index (χ0v) is 13.8. The number of nitrogens with two attached hydrogens (primary N) is 1. The van der Waals surface area contributed by atoms with E-state index >= 15 is 0 Å². The number of carbonyl (C=O) groups excluding carboxylic acids is 2. The molecule has 0 fully saturated rings. The standard InChI is InChI=1S/C14H23N3O3S/c1-5-7-17(8-6-2)13-9(12(18)16-3)10(15)11(21-13)14(19)20-4/h5-8,15H2,1-4H3,(H,16,18).